The monoisotopic (exact) mass is 446 g/mol. The quantitative estimate of drug-likeness (QED) is 0.501. The van der Waals surface area contributed by atoms with Crippen molar-refractivity contribution >= 4 is 17.3 Å². The first-order valence-corrected chi connectivity index (χ1v) is 12.1. The predicted octanol–water partition coefficient (Wildman–Crippen LogP) is 5.58. The van der Waals surface area contributed by atoms with Gasteiger partial charge in [0, 0.05) is 29.8 Å². The van der Waals surface area contributed by atoms with Gasteiger partial charge in [-0.3, -0.25) is 4.98 Å². The number of ether oxygens (including phenoxy) is 1. The van der Waals surface area contributed by atoms with Gasteiger partial charge in [0.25, 0.3) is 0 Å². The number of hydrogen-bond acceptors (Lipinski definition) is 3. The molecule has 3 heterocycles. The lowest BCUT2D eigenvalue weighted by Gasteiger charge is -2.37. The van der Waals surface area contributed by atoms with E-state index in [1.807, 2.05) is 31.3 Å². The van der Waals surface area contributed by atoms with Gasteiger partial charge in [0.2, 0.25) is 0 Å². The zero-order valence-electron chi connectivity index (χ0n) is 18.5. The number of rotatable bonds is 6. The summed E-state index contributed by atoms with van der Waals surface area (Å²) in [7, 11) is 0. The van der Waals surface area contributed by atoms with E-state index in [2.05, 4.69) is 57.4 Å². The van der Waals surface area contributed by atoms with Crippen LogP contribution in [0.1, 0.15) is 62.5 Å². The Morgan fingerprint density at radius 1 is 1.03 bits per heavy atom. The molecule has 1 N–H and O–H groups in total. The van der Waals surface area contributed by atoms with Gasteiger partial charge in [-0.15, -0.1) is 0 Å². The van der Waals surface area contributed by atoms with E-state index < -0.39 is 0 Å². The lowest BCUT2D eigenvalue weighted by atomic mass is 9.92. The Morgan fingerprint density at radius 2 is 1.84 bits per heavy atom. The number of pyridine rings is 1. The van der Waals surface area contributed by atoms with E-state index in [4.69, 9.17) is 21.9 Å². The highest BCUT2D eigenvalue weighted by atomic mass is 32.1. The maximum absolute atomic E-state index is 5.92. The Bertz CT molecular complexity index is 1040. The first-order chi connectivity index (χ1) is 15.8. The zero-order valence-corrected chi connectivity index (χ0v) is 19.3. The Hall–Kier alpha value is -2.86. The molecule has 0 amide bonds. The largest absolute Gasteiger partial charge is 0.494 e. The van der Waals surface area contributed by atoms with Crippen LogP contribution in [0.5, 0.6) is 5.75 Å². The lowest BCUT2D eigenvalue weighted by molar-refractivity contribution is 0.193. The van der Waals surface area contributed by atoms with Gasteiger partial charge in [-0.05, 0) is 80.5 Å². The van der Waals surface area contributed by atoms with Crippen LogP contribution in [0.15, 0.2) is 67.0 Å². The van der Waals surface area contributed by atoms with Crippen LogP contribution in [-0.2, 0) is 0 Å². The second kappa shape index (κ2) is 9.33. The van der Waals surface area contributed by atoms with E-state index in [0.29, 0.717) is 12.6 Å². The van der Waals surface area contributed by atoms with Gasteiger partial charge < -0.3 is 19.5 Å². The molecule has 5 nitrogen and oxygen atoms in total. The molecule has 2 aliphatic rings. The first-order valence-electron chi connectivity index (χ1n) is 11.7. The molecule has 6 heteroatoms. The lowest BCUT2D eigenvalue weighted by Crippen LogP contribution is -2.40. The van der Waals surface area contributed by atoms with Crippen molar-refractivity contribution in [2.24, 2.45) is 0 Å². The van der Waals surface area contributed by atoms with Crippen molar-refractivity contribution in [2.45, 2.75) is 57.2 Å². The highest BCUT2D eigenvalue weighted by Crippen LogP contribution is 2.43. The molecule has 2 atom stereocenters. The van der Waals surface area contributed by atoms with Crippen LogP contribution in [0.4, 0.5) is 0 Å². The number of thiocarbonyl (C=S) groups is 1. The molecule has 1 saturated heterocycles. The van der Waals surface area contributed by atoms with E-state index in [0.717, 1.165) is 22.2 Å². The normalized spacial score (nSPS) is 21.5. The van der Waals surface area contributed by atoms with Gasteiger partial charge in [-0.1, -0.05) is 25.3 Å². The Kier molecular flexibility index (Phi) is 6.12. The van der Waals surface area contributed by atoms with Crippen LogP contribution < -0.4 is 10.1 Å². The van der Waals surface area contributed by atoms with Crippen LogP contribution >= 0.6 is 12.2 Å². The first kappa shape index (κ1) is 21.0. The molecule has 166 valence electrons. The van der Waals surface area contributed by atoms with E-state index in [9.17, 15) is 0 Å². The smallest absolute Gasteiger partial charge is 0.170 e. The van der Waals surface area contributed by atoms with Gasteiger partial charge >= 0.3 is 0 Å². The average Bonchev–Trinajstić information content (AvgIpc) is 3.45. The fourth-order valence-corrected chi connectivity index (χ4v) is 5.56. The van der Waals surface area contributed by atoms with E-state index in [-0.39, 0.29) is 12.1 Å². The van der Waals surface area contributed by atoms with E-state index in [1.165, 1.54) is 37.8 Å². The van der Waals surface area contributed by atoms with E-state index in [1.54, 1.807) is 0 Å². The van der Waals surface area contributed by atoms with Crippen LogP contribution in [0.3, 0.4) is 0 Å². The second-order valence-electron chi connectivity index (χ2n) is 8.56. The molecule has 0 spiro atoms. The Morgan fingerprint density at radius 3 is 2.56 bits per heavy atom. The fraction of sp³-hybridized carbons (Fsp3) is 0.385. The zero-order chi connectivity index (χ0) is 21.9. The minimum atomic E-state index is 0.0157. The SMILES string of the molecule is CCOc1ccc(-n2cccc2C2C(c3ccccn3)NC(=S)N2C2CCCCC2)cc1. The highest BCUT2D eigenvalue weighted by Gasteiger charge is 2.44. The van der Waals surface area contributed by atoms with Crippen molar-refractivity contribution in [3.05, 3.63) is 78.4 Å². The summed E-state index contributed by atoms with van der Waals surface area (Å²) in [6.07, 6.45) is 10.2. The molecule has 5 rings (SSSR count). The minimum absolute atomic E-state index is 0.0157. The van der Waals surface area contributed by atoms with Gasteiger partial charge in [-0.2, -0.15) is 0 Å². The van der Waals surface area contributed by atoms with Gasteiger partial charge in [0.05, 0.1) is 24.4 Å². The summed E-state index contributed by atoms with van der Waals surface area (Å²) in [6.45, 7) is 2.67. The average molecular weight is 447 g/mol. The number of nitrogens with one attached hydrogen (secondary N) is 1. The Balaban J connectivity index is 1.56. The summed E-state index contributed by atoms with van der Waals surface area (Å²) < 4.78 is 7.92. The molecule has 1 aliphatic carbocycles. The molecular formula is C26H30N4OS. The third-order valence-corrected chi connectivity index (χ3v) is 6.94. The molecule has 2 aromatic heterocycles. The number of benzene rings is 1. The molecule has 32 heavy (non-hydrogen) atoms. The maximum Gasteiger partial charge on any atom is 0.170 e. The molecule has 2 unspecified atom stereocenters. The van der Waals surface area contributed by atoms with E-state index >= 15 is 0 Å². The third-order valence-electron chi connectivity index (χ3n) is 6.61. The number of nitrogens with zero attached hydrogens (tertiary/aromatic N) is 3. The Labute approximate surface area is 195 Å². The molecule has 0 radical (unpaired) electrons. The summed E-state index contributed by atoms with van der Waals surface area (Å²) in [5, 5.41) is 4.47. The van der Waals surface area contributed by atoms with Crippen LogP contribution in [0, 0.1) is 0 Å². The van der Waals surface area contributed by atoms with Gasteiger partial charge in [0.1, 0.15) is 5.75 Å². The summed E-state index contributed by atoms with van der Waals surface area (Å²) in [5.74, 6) is 0.892. The predicted molar refractivity (Wildman–Crippen MR) is 131 cm³/mol. The third kappa shape index (κ3) is 3.99. The van der Waals surface area contributed by atoms with Crippen LogP contribution in [-0.4, -0.2) is 32.2 Å². The van der Waals surface area contributed by atoms with Crippen molar-refractivity contribution in [3.63, 3.8) is 0 Å². The maximum atomic E-state index is 5.92. The van der Waals surface area contributed by atoms with Crippen LogP contribution in [0.25, 0.3) is 5.69 Å². The van der Waals surface area contributed by atoms with Gasteiger partial charge in [0.15, 0.2) is 5.11 Å². The molecule has 2 fully saturated rings. The minimum Gasteiger partial charge on any atom is -0.494 e. The summed E-state index contributed by atoms with van der Waals surface area (Å²) in [6, 6.07) is 19.4. The molecule has 1 aliphatic heterocycles. The van der Waals surface area contributed by atoms with Crippen molar-refractivity contribution in [2.75, 3.05) is 6.61 Å². The standard InChI is InChI=1S/C26H30N4OS/c1-2-31-21-15-13-19(14-16-21)29-18-8-12-23(29)25-24(22-11-6-7-17-27-22)28-26(32)30(25)20-9-4-3-5-10-20/h6-8,11-18,20,24-25H,2-5,9-10H2,1H3,(H,28,32). The molecule has 0 bridgehead atoms. The van der Waals surface area contributed by atoms with Crippen LogP contribution in [0.2, 0.25) is 0 Å². The second-order valence-corrected chi connectivity index (χ2v) is 8.94. The van der Waals surface area contributed by atoms with Gasteiger partial charge in [-0.25, -0.2) is 0 Å². The number of aromatic nitrogens is 2. The highest BCUT2D eigenvalue weighted by molar-refractivity contribution is 7.80. The van der Waals surface area contributed by atoms with Crippen molar-refractivity contribution in [1.29, 1.82) is 0 Å². The molecule has 3 aromatic rings. The molecule has 1 aromatic carbocycles. The fourth-order valence-electron chi connectivity index (χ4n) is 5.17. The summed E-state index contributed by atoms with van der Waals surface area (Å²) >= 11 is 5.92. The van der Waals surface area contributed by atoms with Crippen molar-refractivity contribution in [3.8, 4) is 11.4 Å². The topological polar surface area (TPSA) is 42.3 Å². The van der Waals surface area contributed by atoms with Crippen molar-refractivity contribution < 1.29 is 4.74 Å². The molecule has 1 saturated carbocycles. The molecular weight excluding hydrogens is 416 g/mol. The van der Waals surface area contributed by atoms with Crippen molar-refractivity contribution in [1.82, 2.24) is 19.8 Å². The summed E-state index contributed by atoms with van der Waals surface area (Å²) in [4.78, 5) is 7.16. The summed E-state index contributed by atoms with van der Waals surface area (Å²) in [5.41, 5.74) is 3.37. The number of hydrogen-bond donors (Lipinski definition) is 1.